The molecule has 2 N–H and O–H groups in total. The molecular weight excluding hydrogens is 441 g/mol. The van der Waals surface area contributed by atoms with Crippen LogP contribution in [0.25, 0.3) is 22.6 Å². The summed E-state index contributed by atoms with van der Waals surface area (Å²) in [5.74, 6) is -1.06. The number of amides is 2. The molecule has 0 bridgehead atoms. The van der Waals surface area contributed by atoms with Crippen molar-refractivity contribution in [2.45, 2.75) is 39.2 Å². The fourth-order valence-corrected chi connectivity index (χ4v) is 4.46. The summed E-state index contributed by atoms with van der Waals surface area (Å²) < 4.78 is 18.0. The van der Waals surface area contributed by atoms with Crippen LogP contribution in [0.1, 0.15) is 41.0 Å². The van der Waals surface area contributed by atoms with E-state index in [1.807, 2.05) is 19.9 Å². The smallest absolute Gasteiger partial charge is 0.407 e. The molecule has 0 radical (unpaired) electrons. The highest BCUT2D eigenvalue weighted by Gasteiger charge is 2.27. The summed E-state index contributed by atoms with van der Waals surface area (Å²) in [5.41, 5.74) is 3.65. The van der Waals surface area contributed by atoms with Gasteiger partial charge in [0.15, 0.2) is 17.1 Å². The van der Waals surface area contributed by atoms with Gasteiger partial charge in [-0.25, -0.2) is 23.7 Å². The molecule has 2 amide bonds. The van der Waals surface area contributed by atoms with Crippen molar-refractivity contribution < 1.29 is 19.1 Å². The molecule has 10 nitrogen and oxygen atoms in total. The highest BCUT2D eigenvalue weighted by molar-refractivity contribution is 5.93. The molecule has 1 aliphatic heterocycles. The number of hydrogen-bond acceptors (Lipinski definition) is 5. The Morgan fingerprint density at radius 1 is 1.15 bits per heavy atom. The van der Waals surface area contributed by atoms with Gasteiger partial charge < -0.3 is 19.7 Å². The van der Waals surface area contributed by atoms with E-state index in [1.165, 1.54) is 21.6 Å². The normalized spacial score (nSPS) is 16.3. The number of carbonyl (C=O) groups is 2. The standard InChI is InChI=1S/C23H24FN7O3/c1-13-7-18(28-31-10-14(2)26-20(13)31)15-8-17(24)21-27-19(12-29(21)11-15)22(32)25-9-16-5-3-4-6-30(16)23(33)34/h7-8,10-12,16H,3-6,9H2,1-2H3,(H,25,32)(H,33,34)/t16-/m1/s1. The minimum absolute atomic E-state index is 0.0232. The Hall–Kier alpha value is -4.02. The average molecular weight is 465 g/mol. The Labute approximate surface area is 194 Å². The van der Waals surface area contributed by atoms with Crippen LogP contribution in [-0.2, 0) is 0 Å². The summed E-state index contributed by atoms with van der Waals surface area (Å²) in [6.45, 7) is 4.43. The quantitative estimate of drug-likeness (QED) is 0.478. The predicted octanol–water partition coefficient (Wildman–Crippen LogP) is 3.06. The molecular formula is C23H24FN7O3. The van der Waals surface area contributed by atoms with E-state index in [0.29, 0.717) is 24.2 Å². The summed E-state index contributed by atoms with van der Waals surface area (Å²) in [7, 11) is 0. The molecule has 4 aromatic rings. The number of aromatic nitrogens is 5. The molecule has 0 aromatic carbocycles. The van der Waals surface area contributed by atoms with E-state index < -0.39 is 17.8 Å². The van der Waals surface area contributed by atoms with Crippen LogP contribution in [0, 0.1) is 19.7 Å². The van der Waals surface area contributed by atoms with E-state index in [9.17, 15) is 19.1 Å². The topological polar surface area (TPSA) is 117 Å². The number of piperidine rings is 1. The number of aryl methyl sites for hydroxylation is 2. The molecule has 11 heteroatoms. The van der Waals surface area contributed by atoms with Crippen molar-refractivity contribution in [1.82, 2.24) is 34.2 Å². The van der Waals surface area contributed by atoms with Crippen LogP contribution < -0.4 is 5.32 Å². The lowest BCUT2D eigenvalue weighted by Gasteiger charge is -2.33. The summed E-state index contributed by atoms with van der Waals surface area (Å²) in [6.07, 6.45) is 6.35. The highest BCUT2D eigenvalue weighted by atomic mass is 19.1. The Morgan fingerprint density at radius 3 is 2.76 bits per heavy atom. The van der Waals surface area contributed by atoms with Gasteiger partial charge in [0.25, 0.3) is 5.91 Å². The van der Waals surface area contributed by atoms with E-state index in [1.54, 1.807) is 16.9 Å². The van der Waals surface area contributed by atoms with Crippen LogP contribution in [0.5, 0.6) is 0 Å². The Kier molecular flexibility index (Phi) is 5.39. The third kappa shape index (κ3) is 3.93. The molecule has 4 aromatic heterocycles. The number of carboxylic acid groups (broad SMARTS) is 1. The Bertz CT molecular complexity index is 1430. The zero-order valence-corrected chi connectivity index (χ0v) is 18.8. The molecule has 176 valence electrons. The zero-order valence-electron chi connectivity index (χ0n) is 18.8. The van der Waals surface area contributed by atoms with Crippen molar-refractivity contribution >= 4 is 23.3 Å². The summed E-state index contributed by atoms with van der Waals surface area (Å²) in [5, 5.41) is 16.6. The number of imidazole rings is 2. The second kappa shape index (κ2) is 8.40. The van der Waals surface area contributed by atoms with E-state index in [-0.39, 0.29) is 23.9 Å². The molecule has 1 aliphatic rings. The Balaban J connectivity index is 1.40. The highest BCUT2D eigenvalue weighted by Crippen LogP contribution is 2.23. The minimum Gasteiger partial charge on any atom is -0.465 e. The fourth-order valence-electron chi connectivity index (χ4n) is 4.46. The molecule has 5 heterocycles. The number of halogens is 1. The predicted molar refractivity (Wildman–Crippen MR) is 121 cm³/mol. The van der Waals surface area contributed by atoms with Crippen molar-refractivity contribution in [2.24, 2.45) is 0 Å². The van der Waals surface area contributed by atoms with Crippen molar-refractivity contribution in [1.29, 1.82) is 0 Å². The molecule has 1 atom stereocenters. The lowest BCUT2D eigenvalue weighted by molar-refractivity contribution is 0.0879. The van der Waals surface area contributed by atoms with Gasteiger partial charge in [0.2, 0.25) is 0 Å². The summed E-state index contributed by atoms with van der Waals surface area (Å²) >= 11 is 0. The zero-order chi connectivity index (χ0) is 24.0. The second-order valence-corrected chi connectivity index (χ2v) is 8.63. The van der Waals surface area contributed by atoms with Crippen molar-refractivity contribution in [3.05, 3.63) is 53.5 Å². The van der Waals surface area contributed by atoms with Crippen molar-refractivity contribution in [3.8, 4) is 11.3 Å². The van der Waals surface area contributed by atoms with Crippen LogP contribution in [-0.4, -0.2) is 65.1 Å². The van der Waals surface area contributed by atoms with E-state index in [4.69, 9.17) is 0 Å². The Morgan fingerprint density at radius 2 is 1.97 bits per heavy atom. The number of likely N-dealkylation sites (tertiary alicyclic amines) is 1. The third-order valence-electron chi connectivity index (χ3n) is 6.14. The second-order valence-electron chi connectivity index (χ2n) is 8.63. The summed E-state index contributed by atoms with van der Waals surface area (Å²) in [4.78, 5) is 34.1. The number of nitrogens with zero attached hydrogens (tertiary/aromatic N) is 6. The maximum Gasteiger partial charge on any atom is 0.407 e. The lowest BCUT2D eigenvalue weighted by atomic mass is 10.0. The number of pyridine rings is 1. The van der Waals surface area contributed by atoms with Crippen LogP contribution in [0.4, 0.5) is 9.18 Å². The van der Waals surface area contributed by atoms with Gasteiger partial charge in [0.05, 0.1) is 23.6 Å². The van der Waals surface area contributed by atoms with Crippen LogP contribution in [0.2, 0.25) is 0 Å². The molecule has 0 aliphatic carbocycles. The first kappa shape index (κ1) is 21.8. The van der Waals surface area contributed by atoms with Gasteiger partial charge in [-0.15, -0.1) is 0 Å². The van der Waals surface area contributed by atoms with Gasteiger partial charge in [0.1, 0.15) is 5.69 Å². The monoisotopic (exact) mass is 465 g/mol. The largest absolute Gasteiger partial charge is 0.465 e. The fraction of sp³-hybridized carbons (Fsp3) is 0.348. The third-order valence-corrected chi connectivity index (χ3v) is 6.14. The SMILES string of the molecule is Cc1cn2nc(-c3cc(F)c4nc(C(=O)NC[C@H]5CCCCN5C(=O)O)cn4c3)cc(C)c2n1. The number of nitrogens with one attached hydrogen (secondary N) is 1. The van der Waals surface area contributed by atoms with Crippen LogP contribution in [0.3, 0.4) is 0 Å². The number of hydrogen-bond donors (Lipinski definition) is 2. The first-order valence-electron chi connectivity index (χ1n) is 11.1. The number of rotatable bonds is 4. The van der Waals surface area contributed by atoms with Gasteiger partial charge in [0, 0.05) is 31.0 Å². The minimum atomic E-state index is -0.992. The average Bonchev–Trinajstić information content (AvgIpc) is 3.41. The molecule has 1 saturated heterocycles. The van der Waals surface area contributed by atoms with Gasteiger partial charge >= 0.3 is 6.09 Å². The molecule has 0 saturated carbocycles. The van der Waals surface area contributed by atoms with Gasteiger partial charge in [-0.05, 0) is 50.8 Å². The maximum atomic E-state index is 14.9. The van der Waals surface area contributed by atoms with E-state index >= 15 is 0 Å². The summed E-state index contributed by atoms with van der Waals surface area (Å²) in [6, 6.07) is 2.89. The first-order valence-corrected chi connectivity index (χ1v) is 11.1. The van der Waals surface area contributed by atoms with Crippen LogP contribution in [0.15, 0.2) is 30.7 Å². The van der Waals surface area contributed by atoms with Gasteiger partial charge in [-0.1, -0.05) is 0 Å². The van der Waals surface area contributed by atoms with E-state index in [0.717, 1.165) is 29.7 Å². The van der Waals surface area contributed by atoms with Crippen LogP contribution >= 0.6 is 0 Å². The molecule has 1 fully saturated rings. The lowest BCUT2D eigenvalue weighted by Crippen LogP contribution is -2.48. The van der Waals surface area contributed by atoms with Gasteiger partial charge in [-0.3, -0.25) is 4.79 Å². The molecule has 0 unspecified atom stereocenters. The molecule has 0 spiro atoms. The number of fused-ring (bicyclic) bond motifs is 2. The van der Waals surface area contributed by atoms with Gasteiger partial charge in [-0.2, -0.15) is 5.10 Å². The van der Waals surface area contributed by atoms with Crippen molar-refractivity contribution in [3.63, 3.8) is 0 Å². The van der Waals surface area contributed by atoms with Crippen molar-refractivity contribution in [2.75, 3.05) is 13.1 Å². The molecule has 34 heavy (non-hydrogen) atoms. The van der Waals surface area contributed by atoms with E-state index in [2.05, 4.69) is 20.4 Å². The number of carbonyl (C=O) groups excluding carboxylic acids is 1. The first-order chi connectivity index (χ1) is 16.3. The maximum absolute atomic E-state index is 14.9. The molecule has 5 rings (SSSR count).